The van der Waals surface area contributed by atoms with E-state index in [1.807, 2.05) is 0 Å². The molecule has 0 amide bonds. The highest BCUT2D eigenvalue weighted by molar-refractivity contribution is 5.88. The zero-order valence-electron chi connectivity index (χ0n) is 12.7. The van der Waals surface area contributed by atoms with Crippen molar-refractivity contribution in [2.24, 2.45) is 14.1 Å². The van der Waals surface area contributed by atoms with Crippen LogP contribution < -0.4 is 21.9 Å². The van der Waals surface area contributed by atoms with Crippen molar-refractivity contribution in [3.05, 3.63) is 65.7 Å². The van der Waals surface area contributed by atoms with E-state index in [1.54, 1.807) is 0 Å². The molecular formula is C14H12N5O5+. The predicted molar refractivity (Wildman–Crippen MR) is 83.7 cm³/mol. The molecule has 0 radical (unpaired) electrons. The Kier molecular flexibility index (Phi) is 3.36. The molecule has 0 aliphatic rings. The quantitative estimate of drug-likeness (QED) is 0.490. The van der Waals surface area contributed by atoms with Gasteiger partial charge in [0.05, 0.1) is 12.0 Å². The first kappa shape index (κ1) is 15.3. The van der Waals surface area contributed by atoms with Crippen LogP contribution in [0.1, 0.15) is 0 Å². The SMILES string of the molecule is Cn1c(=O)c2c(-c3cccc([N+](=O)[O-])c3)[nH]c(=O)[nH+]c2n(C)c1=O. The third kappa shape index (κ3) is 2.20. The number of aromatic amines is 2. The Labute approximate surface area is 132 Å². The van der Waals surface area contributed by atoms with Gasteiger partial charge in [0, 0.05) is 24.7 Å². The zero-order chi connectivity index (χ0) is 17.6. The zero-order valence-corrected chi connectivity index (χ0v) is 12.7. The van der Waals surface area contributed by atoms with E-state index >= 15 is 0 Å². The van der Waals surface area contributed by atoms with Crippen LogP contribution in [0.5, 0.6) is 0 Å². The van der Waals surface area contributed by atoms with E-state index < -0.39 is 21.9 Å². The van der Waals surface area contributed by atoms with Gasteiger partial charge in [0.2, 0.25) is 5.65 Å². The molecule has 24 heavy (non-hydrogen) atoms. The van der Waals surface area contributed by atoms with Crippen LogP contribution in [0.25, 0.3) is 22.3 Å². The normalized spacial score (nSPS) is 10.9. The summed E-state index contributed by atoms with van der Waals surface area (Å²) in [6, 6.07) is 5.52. The van der Waals surface area contributed by atoms with E-state index in [-0.39, 0.29) is 28.0 Å². The molecule has 3 aromatic rings. The maximum atomic E-state index is 12.5. The molecule has 122 valence electrons. The molecule has 0 aliphatic heterocycles. The number of non-ortho nitro benzene ring substituents is 1. The van der Waals surface area contributed by atoms with Gasteiger partial charge in [-0.2, -0.15) is 0 Å². The van der Waals surface area contributed by atoms with Crippen molar-refractivity contribution in [1.82, 2.24) is 14.1 Å². The molecular weight excluding hydrogens is 318 g/mol. The van der Waals surface area contributed by atoms with Gasteiger partial charge < -0.3 is 0 Å². The van der Waals surface area contributed by atoms with Crippen LogP contribution >= 0.6 is 0 Å². The van der Waals surface area contributed by atoms with E-state index in [4.69, 9.17) is 0 Å². The summed E-state index contributed by atoms with van der Waals surface area (Å²) in [6.45, 7) is 0. The minimum absolute atomic E-state index is 0.0355. The van der Waals surface area contributed by atoms with Gasteiger partial charge in [-0.25, -0.2) is 28.7 Å². The van der Waals surface area contributed by atoms with Crippen molar-refractivity contribution >= 4 is 16.7 Å². The van der Waals surface area contributed by atoms with Gasteiger partial charge in [-0.05, 0) is 0 Å². The highest BCUT2D eigenvalue weighted by Gasteiger charge is 2.21. The van der Waals surface area contributed by atoms with Gasteiger partial charge in [0.1, 0.15) is 5.69 Å². The number of nitro groups is 1. The lowest BCUT2D eigenvalue weighted by Gasteiger charge is -2.06. The number of fused-ring (bicyclic) bond motifs is 1. The number of nitrogens with zero attached hydrogens (tertiary/aromatic N) is 3. The number of hydrogen-bond acceptors (Lipinski definition) is 5. The van der Waals surface area contributed by atoms with Crippen LogP contribution in [0.2, 0.25) is 0 Å². The molecule has 0 spiro atoms. The minimum atomic E-state index is -0.646. The lowest BCUT2D eigenvalue weighted by Crippen LogP contribution is -2.43. The Bertz CT molecular complexity index is 1170. The second-order valence-corrected chi connectivity index (χ2v) is 5.19. The second-order valence-electron chi connectivity index (χ2n) is 5.19. The summed E-state index contributed by atoms with van der Waals surface area (Å²) in [5.74, 6) is 0. The van der Waals surface area contributed by atoms with Crippen molar-refractivity contribution in [3.8, 4) is 11.3 Å². The molecule has 2 aromatic heterocycles. The van der Waals surface area contributed by atoms with E-state index in [0.29, 0.717) is 0 Å². The number of aryl methyl sites for hydroxylation is 1. The Balaban J connectivity index is 2.52. The highest BCUT2D eigenvalue weighted by atomic mass is 16.6. The summed E-state index contributed by atoms with van der Waals surface area (Å²) in [6.07, 6.45) is 0. The number of hydrogen-bond donors (Lipinski definition) is 1. The van der Waals surface area contributed by atoms with Crippen LogP contribution in [0.15, 0.2) is 38.6 Å². The maximum absolute atomic E-state index is 12.5. The van der Waals surface area contributed by atoms with Gasteiger partial charge in [-0.3, -0.25) is 14.9 Å². The van der Waals surface area contributed by atoms with E-state index in [1.165, 1.54) is 38.4 Å². The molecule has 0 bridgehead atoms. The van der Waals surface area contributed by atoms with Crippen molar-refractivity contribution < 1.29 is 9.91 Å². The van der Waals surface area contributed by atoms with Crippen LogP contribution in [-0.2, 0) is 14.1 Å². The number of aromatic nitrogens is 4. The van der Waals surface area contributed by atoms with Crippen molar-refractivity contribution in [2.45, 2.75) is 0 Å². The third-order valence-electron chi connectivity index (χ3n) is 3.73. The van der Waals surface area contributed by atoms with E-state index in [9.17, 15) is 24.5 Å². The molecule has 10 nitrogen and oxygen atoms in total. The number of rotatable bonds is 2. The summed E-state index contributed by atoms with van der Waals surface area (Å²) in [5, 5.41) is 11.0. The first-order chi connectivity index (χ1) is 11.3. The number of benzene rings is 1. The molecule has 0 saturated heterocycles. The summed E-state index contributed by atoms with van der Waals surface area (Å²) in [4.78, 5) is 51.7. The van der Waals surface area contributed by atoms with Crippen LogP contribution in [-0.4, -0.2) is 19.0 Å². The fourth-order valence-electron chi connectivity index (χ4n) is 2.52. The molecule has 2 heterocycles. The number of H-pyrrole nitrogens is 2. The van der Waals surface area contributed by atoms with Crippen LogP contribution in [0.4, 0.5) is 5.69 Å². The summed E-state index contributed by atoms with van der Waals surface area (Å²) in [7, 11) is 2.73. The number of nitrogens with one attached hydrogen (secondary N) is 2. The topological polar surface area (TPSA) is 134 Å². The first-order valence-electron chi connectivity index (χ1n) is 6.81. The molecule has 10 heteroatoms. The average molecular weight is 330 g/mol. The molecule has 0 fully saturated rings. The fourth-order valence-corrected chi connectivity index (χ4v) is 2.52. The molecule has 0 aliphatic carbocycles. The molecule has 0 unspecified atom stereocenters. The van der Waals surface area contributed by atoms with Crippen molar-refractivity contribution in [2.75, 3.05) is 0 Å². The minimum Gasteiger partial charge on any atom is -0.268 e. The maximum Gasteiger partial charge on any atom is 0.439 e. The number of nitro benzene ring substituents is 1. The van der Waals surface area contributed by atoms with Gasteiger partial charge in [-0.1, -0.05) is 12.1 Å². The highest BCUT2D eigenvalue weighted by Crippen LogP contribution is 2.24. The molecule has 0 saturated carbocycles. The van der Waals surface area contributed by atoms with Crippen LogP contribution in [0, 0.1) is 10.1 Å². The van der Waals surface area contributed by atoms with Gasteiger partial charge in [-0.15, -0.1) is 0 Å². The summed E-state index contributed by atoms with van der Waals surface area (Å²) in [5.41, 5.74) is -1.62. The van der Waals surface area contributed by atoms with Crippen LogP contribution in [0.3, 0.4) is 0 Å². The van der Waals surface area contributed by atoms with Gasteiger partial charge in [0.15, 0.2) is 5.39 Å². The Morgan fingerprint density at radius 1 is 1.17 bits per heavy atom. The summed E-state index contributed by atoms with van der Waals surface area (Å²) >= 11 is 0. The van der Waals surface area contributed by atoms with Gasteiger partial charge in [0.25, 0.3) is 11.2 Å². The smallest absolute Gasteiger partial charge is 0.268 e. The second kappa shape index (κ2) is 5.26. The Morgan fingerprint density at radius 2 is 1.88 bits per heavy atom. The first-order valence-corrected chi connectivity index (χ1v) is 6.81. The lowest BCUT2D eigenvalue weighted by molar-refractivity contribution is -0.384. The third-order valence-corrected chi connectivity index (χ3v) is 3.73. The van der Waals surface area contributed by atoms with Crippen molar-refractivity contribution in [3.63, 3.8) is 0 Å². The Hall–Kier alpha value is -3.56. The largest absolute Gasteiger partial charge is 0.439 e. The molecule has 2 N–H and O–H groups in total. The lowest BCUT2D eigenvalue weighted by atomic mass is 10.1. The summed E-state index contributed by atoms with van der Waals surface area (Å²) < 4.78 is 2.03. The van der Waals surface area contributed by atoms with E-state index in [0.717, 1.165) is 9.13 Å². The standard InChI is InChI=1S/C14H11N5O5/c1-17-11-9(12(20)18(2)14(17)22)10(15-13(21)16-11)7-4-3-5-8(6-7)19(23)24/h3-6H,1-2H3,(H,15,16,21)/p+1. The average Bonchev–Trinajstić information content (AvgIpc) is 2.57. The predicted octanol–water partition coefficient (Wildman–Crippen LogP) is -0.685. The molecule has 0 atom stereocenters. The molecule has 1 aromatic carbocycles. The van der Waals surface area contributed by atoms with Crippen molar-refractivity contribution in [1.29, 1.82) is 0 Å². The fraction of sp³-hybridized carbons (Fsp3) is 0.143. The molecule has 3 rings (SSSR count). The van der Waals surface area contributed by atoms with Gasteiger partial charge >= 0.3 is 11.4 Å². The Morgan fingerprint density at radius 3 is 2.54 bits per heavy atom. The monoisotopic (exact) mass is 330 g/mol. The van der Waals surface area contributed by atoms with E-state index in [2.05, 4.69) is 9.97 Å².